The van der Waals surface area contributed by atoms with Crippen LogP contribution in [0.2, 0.25) is 0 Å². The Morgan fingerprint density at radius 3 is 2.35 bits per heavy atom. The fraction of sp³-hybridized carbons (Fsp3) is 0.833. The zero-order chi connectivity index (χ0) is 12.7. The van der Waals surface area contributed by atoms with E-state index in [2.05, 4.69) is 6.92 Å². The van der Waals surface area contributed by atoms with Crippen LogP contribution in [-0.4, -0.2) is 30.7 Å². The van der Waals surface area contributed by atoms with E-state index in [0.29, 0.717) is 6.61 Å². The number of ether oxygens (including phenoxy) is 2. The highest BCUT2D eigenvalue weighted by Crippen LogP contribution is 2.22. The molecule has 0 unspecified atom stereocenters. The molecule has 98 valence electrons. The van der Waals surface area contributed by atoms with Crippen molar-refractivity contribution in [1.82, 2.24) is 0 Å². The van der Waals surface area contributed by atoms with Gasteiger partial charge < -0.3 is 15.2 Å². The summed E-state index contributed by atoms with van der Waals surface area (Å²) in [5.74, 6) is -1.08. The van der Waals surface area contributed by atoms with Gasteiger partial charge in [0.25, 0.3) is 0 Å². The summed E-state index contributed by atoms with van der Waals surface area (Å²) in [5, 5.41) is 0. The number of amides is 1. The Kier molecular flexibility index (Phi) is 5.97. The molecule has 0 bridgehead atoms. The van der Waals surface area contributed by atoms with Crippen molar-refractivity contribution in [2.24, 2.45) is 5.73 Å². The fourth-order valence-electron chi connectivity index (χ4n) is 1.65. The van der Waals surface area contributed by atoms with Crippen LogP contribution in [0.3, 0.4) is 0 Å². The van der Waals surface area contributed by atoms with Gasteiger partial charge in [0.2, 0.25) is 5.91 Å². The Balaban J connectivity index is 1.93. The van der Waals surface area contributed by atoms with Gasteiger partial charge in [0.1, 0.15) is 0 Å². The quantitative estimate of drug-likeness (QED) is 0.374. The maximum Gasteiger partial charge on any atom is 0.338 e. The highest BCUT2D eigenvalue weighted by molar-refractivity contribution is 5.91. The number of carbonyl (C=O) groups excluding carboxylic acids is 2. The largest absolute Gasteiger partial charge is 0.464 e. The third kappa shape index (κ3) is 5.17. The van der Waals surface area contributed by atoms with E-state index in [4.69, 9.17) is 15.2 Å². The van der Waals surface area contributed by atoms with Crippen LogP contribution in [0, 0.1) is 0 Å². The van der Waals surface area contributed by atoms with Crippen molar-refractivity contribution in [2.45, 2.75) is 57.7 Å². The van der Waals surface area contributed by atoms with Gasteiger partial charge in [-0.15, -0.1) is 0 Å². The molecule has 1 heterocycles. The maximum absolute atomic E-state index is 11.3. The van der Waals surface area contributed by atoms with Crippen LogP contribution in [0.1, 0.15) is 45.4 Å². The third-order valence-electron chi connectivity index (χ3n) is 2.75. The molecule has 0 spiro atoms. The van der Waals surface area contributed by atoms with Gasteiger partial charge in [-0.05, 0) is 6.42 Å². The molecule has 1 saturated heterocycles. The van der Waals surface area contributed by atoms with Crippen molar-refractivity contribution >= 4 is 11.9 Å². The van der Waals surface area contributed by atoms with E-state index >= 15 is 0 Å². The summed E-state index contributed by atoms with van der Waals surface area (Å²) < 4.78 is 9.78. The molecule has 0 saturated carbocycles. The van der Waals surface area contributed by atoms with Gasteiger partial charge in [0.15, 0.2) is 12.2 Å². The average molecular weight is 243 g/mol. The van der Waals surface area contributed by atoms with E-state index in [9.17, 15) is 9.59 Å². The summed E-state index contributed by atoms with van der Waals surface area (Å²) in [4.78, 5) is 21.9. The van der Waals surface area contributed by atoms with Crippen molar-refractivity contribution < 1.29 is 19.1 Å². The van der Waals surface area contributed by atoms with Crippen LogP contribution in [0.5, 0.6) is 0 Å². The Morgan fingerprint density at radius 1 is 1.12 bits per heavy atom. The molecule has 1 aliphatic rings. The van der Waals surface area contributed by atoms with Gasteiger partial charge in [0.05, 0.1) is 6.61 Å². The second-order valence-corrected chi connectivity index (χ2v) is 4.31. The minimum absolute atomic E-state index is 0.399. The lowest BCUT2D eigenvalue weighted by molar-refractivity contribution is -0.145. The van der Waals surface area contributed by atoms with Crippen molar-refractivity contribution in [2.75, 3.05) is 6.61 Å². The number of hydrogen-bond acceptors (Lipinski definition) is 4. The summed E-state index contributed by atoms with van der Waals surface area (Å²) in [7, 11) is 0. The molecule has 5 heteroatoms. The molecule has 1 rings (SSSR count). The monoisotopic (exact) mass is 243 g/mol. The molecule has 0 aliphatic carbocycles. The lowest BCUT2D eigenvalue weighted by Gasteiger charge is -2.02. The first kappa shape index (κ1) is 14.0. The molecule has 0 aromatic rings. The first-order chi connectivity index (χ1) is 8.16. The van der Waals surface area contributed by atoms with Crippen LogP contribution in [0.15, 0.2) is 0 Å². The van der Waals surface area contributed by atoms with Gasteiger partial charge in [-0.2, -0.15) is 0 Å². The van der Waals surface area contributed by atoms with E-state index in [1.807, 2.05) is 0 Å². The van der Waals surface area contributed by atoms with Gasteiger partial charge in [0, 0.05) is 0 Å². The molecule has 0 aromatic heterocycles. The topological polar surface area (TPSA) is 81.9 Å². The van der Waals surface area contributed by atoms with Gasteiger partial charge in [-0.1, -0.05) is 39.0 Å². The summed E-state index contributed by atoms with van der Waals surface area (Å²) in [6.07, 6.45) is 5.30. The van der Waals surface area contributed by atoms with Gasteiger partial charge >= 0.3 is 5.97 Å². The van der Waals surface area contributed by atoms with Crippen LogP contribution in [0.4, 0.5) is 0 Å². The van der Waals surface area contributed by atoms with Crippen molar-refractivity contribution in [3.05, 3.63) is 0 Å². The highest BCUT2D eigenvalue weighted by Gasteiger charge is 2.50. The molecular formula is C12H21NO4. The minimum atomic E-state index is -0.771. The number of primary amides is 1. The SMILES string of the molecule is CCCCCCCCOC(=O)[C@@H]1O[C@@H]1C(N)=O. The van der Waals surface area contributed by atoms with Crippen molar-refractivity contribution in [3.8, 4) is 0 Å². The molecule has 2 atom stereocenters. The first-order valence-electron chi connectivity index (χ1n) is 6.28. The normalized spacial score (nSPS) is 22.2. The molecule has 2 N–H and O–H groups in total. The Labute approximate surface area is 102 Å². The average Bonchev–Trinajstić information content (AvgIpc) is 3.07. The summed E-state index contributed by atoms with van der Waals surface area (Å²) in [6.45, 7) is 2.57. The maximum atomic E-state index is 11.3. The third-order valence-corrected chi connectivity index (χ3v) is 2.75. The zero-order valence-electron chi connectivity index (χ0n) is 10.3. The van der Waals surface area contributed by atoms with E-state index < -0.39 is 24.1 Å². The molecule has 17 heavy (non-hydrogen) atoms. The molecule has 0 radical (unpaired) electrons. The lowest BCUT2D eigenvalue weighted by Crippen LogP contribution is -2.24. The minimum Gasteiger partial charge on any atom is -0.464 e. The van der Waals surface area contributed by atoms with Crippen molar-refractivity contribution in [3.63, 3.8) is 0 Å². The highest BCUT2D eigenvalue weighted by atomic mass is 16.6. The predicted octanol–water partition coefficient (Wildman–Crippen LogP) is 1.14. The Hall–Kier alpha value is -1.10. The van der Waals surface area contributed by atoms with E-state index in [1.54, 1.807) is 0 Å². The smallest absolute Gasteiger partial charge is 0.338 e. The summed E-state index contributed by atoms with van der Waals surface area (Å²) in [6, 6.07) is 0. The number of epoxide rings is 1. The fourth-order valence-corrected chi connectivity index (χ4v) is 1.65. The molecule has 0 aromatic carbocycles. The Morgan fingerprint density at radius 2 is 1.76 bits per heavy atom. The Bertz CT molecular complexity index is 267. The number of esters is 1. The van der Waals surface area contributed by atoms with E-state index in [1.165, 1.54) is 25.7 Å². The standard InChI is InChI=1S/C12H21NO4/c1-2-3-4-5-6-7-8-16-12(15)10-9(17-10)11(13)14/h9-10H,2-8H2,1H3,(H2,13,14)/t9-,10+/m0/s1. The molecule has 5 nitrogen and oxygen atoms in total. The van der Waals surface area contributed by atoms with E-state index in [-0.39, 0.29) is 0 Å². The predicted molar refractivity (Wildman–Crippen MR) is 62.2 cm³/mol. The second-order valence-electron chi connectivity index (χ2n) is 4.31. The van der Waals surface area contributed by atoms with Crippen LogP contribution in [-0.2, 0) is 19.1 Å². The number of nitrogens with two attached hydrogens (primary N) is 1. The van der Waals surface area contributed by atoms with Crippen LogP contribution in [0.25, 0.3) is 0 Å². The van der Waals surface area contributed by atoms with Crippen LogP contribution >= 0.6 is 0 Å². The zero-order valence-corrected chi connectivity index (χ0v) is 10.3. The number of hydrogen-bond donors (Lipinski definition) is 1. The lowest BCUT2D eigenvalue weighted by atomic mass is 10.1. The van der Waals surface area contributed by atoms with Gasteiger partial charge in [-0.3, -0.25) is 4.79 Å². The number of carbonyl (C=O) groups is 2. The van der Waals surface area contributed by atoms with Gasteiger partial charge in [-0.25, -0.2) is 4.79 Å². The number of unbranched alkanes of at least 4 members (excludes halogenated alkanes) is 5. The molecule has 1 amide bonds. The molecule has 1 aliphatic heterocycles. The number of rotatable bonds is 9. The molecule has 1 fully saturated rings. The van der Waals surface area contributed by atoms with E-state index in [0.717, 1.165) is 12.8 Å². The summed E-state index contributed by atoms with van der Waals surface area (Å²) in [5.41, 5.74) is 4.98. The molecular weight excluding hydrogens is 222 g/mol. The van der Waals surface area contributed by atoms with Crippen LogP contribution < -0.4 is 5.73 Å². The first-order valence-corrected chi connectivity index (χ1v) is 6.28. The summed E-state index contributed by atoms with van der Waals surface area (Å²) >= 11 is 0. The van der Waals surface area contributed by atoms with Crippen molar-refractivity contribution in [1.29, 1.82) is 0 Å². The second kappa shape index (κ2) is 7.27.